The topological polar surface area (TPSA) is 153 Å². The van der Waals surface area contributed by atoms with Crippen LogP contribution in [0, 0.1) is 13.8 Å². The summed E-state index contributed by atoms with van der Waals surface area (Å²) in [4.78, 5) is 62.1. The Balaban J connectivity index is 0.000000206. The minimum absolute atomic E-state index is 0.0257. The fourth-order valence-corrected chi connectivity index (χ4v) is 11.0. The molecule has 4 aromatic rings. The quantitative estimate of drug-likeness (QED) is 0.0914. The summed E-state index contributed by atoms with van der Waals surface area (Å²) in [7, 11) is 4.39. The van der Waals surface area contributed by atoms with E-state index in [4.69, 9.17) is 44.3 Å². The number of halogens is 3. The van der Waals surface area contributed by atoms with Crippen LogP contribution in [0.15, 0.2) is 48.8 Å². The summed E-state index contributed by atoms with van der Waals surface area (Å²) >= 11 is 17.6. The molecule has 16 nitrogen and oxygen atoms in total. The van der Waals surface area contributed by atoms with Gasteiger partial charge < -0.3 is 29.1 Å². The Hall–Kier alpha value is -4.87. The first-order valence-electron chi connectivity index (χ1n) is 26.6. The summed E-state index contributed by atoms with van der Waals surface area (Å²) in [6.45, 7) is 27.0. The van der Waals surface area contributed by atoms with Crippen LogP contribution in [0.2, 0.25) is 10.0 Å². The van der Waals surface area contributed by atoms with Crippen molar-refractivity contribution in [2.24, 2.45) is 0 Å². The van der Waals surface area contributed by atoms with Crippen LogP contribution in [0.25, 0.3) is 0 Å². The van der Waals surface area contributed by atoms with Crippen LogP contribution in [-0.2, 0) is 22.6 Å². The third kappa shape index (κ3) is 16.6. The van der Waals surface area contributed by atoms with Crippen LogP contribution < -0.4 is 9.80 Å². The molecule has 4 saturated heterocycles. The smallest absolute Gasteiger partial charge is 0.360 e. The molecule has 4 aliphatic heterocycles. The molecule has 4 aliphatic rings. The number of aryl methyl sites for hydroxylation is 2. The summed E-state index contributed by atoms with van der Waals surface area (Å²) in [6, 6.07) is 14.5. The maximum absolute atomic E-state index is 13.3. The Bertz CT molecular complexity index is 2580. The third-order valence-corrected chi connectivity index (χ3v) is 15.1. The molecular formula is C56H81Cl3N10O6. The SMILES string of the molecule is CC(C)(C)OC(=O)c1[nH]ncc1Cl.Cc1ccc(CN(C)C2CCN(C(=O)Cl)[C@@H](C)C2)c(N2CCCC2)c1.Cc1ccc(CN(C)C2CCN(C(=O)n3cc(Cl)c(C(=O)OC(C)(C)C)n3)[C@@H](C)C2)c(N2CCCC2)c1. The number of anilines is 2. The lowest BCUT2D eigenvalue weighted by atomic mass is 9.96. The Kier molecular flexibility index (Phi) is 20.6. The second kappa shape index (κ2) is 26.0. The first-order valence-corrected chi connectivity index (χ1v) is 27.7. The molecule has 2 amide bonds. The van der Waals surface area contributed by atoms with Crippen LogP contribution >= 0.6 is 34.8 Å². The summed E-state index contributed by atoms with van der Waals surface area (Å²) < 4.78 is 11.6. The highest BCUT2D eigenvalue weighted by atomic mass is 35.5. The number of H-pyrrole nitrogens is 1. The van der Waals surface area contributed by atoms with E-state index in [1.165, 1.54) is 84.8 Å². The van der Waals surface area contributed by atoms with Gasteiger partial charge in [0.05, 0.1) is 22.4 Å². The number of nitrogens with one attached hydrogen (secondary N) is 1. The number of benzene rings is 2. The van der Waals surface area contributed by atoms with Gasteiger partial charge in [-0.05, 0) is 181 Å². The van der Waals surface area contributed by atoms with E-state index >= 15 is 0 Å². The number of nitrogens with zero attached hydrogens (tertiary/aromatic N) is 9. The number of rotatable bonds is 10. The van der Waals surface area contributed by atoms with Crippen LogP contribution in [0.1, 0.15) is 150 Å². The molecule has 0 spiro atoms. The van der Waals surface area contributed by atoms with Crippen LogP contribution in [0.4, 0.5) is 21.0 Å². The number of piperidine rings is 2. The molecule has 0 radical (unpaired) electrons. The fourth-order valence-electron chi connectivity index (χ4n) is 10.3. The van der Waals surface area contributed by atoms with Gasteiger partial charge in [-0.3, -0.25) is 19.7 Å². The molecule has 4 fully saturated rings. The number of hydrogen-bond acceptors (Lipinski definition) is 12. The van der Waals surface area contributed by atoms with Crippen molar-refractivity contribution in [3.8, 4) is 0 Å². The van der Waals surface area contributed by atoms with Crippen LogP contribution in [-0.4, -0.2) is 152 Å². The summed E-state index contributed by atoms with van der Waals surface area (Å²) in [5.74, 6) is -1.13. The maximum Gasteiger partial charge on any atom is 0.360 e. The van der Waals surface area contributed by atoms with E-state index < -0.39 is 23.1 Å². The van der Waals surface area contributed by atoms with E-state index in [-0.39, 0.29) is 44.9 Å². The Morgan fingerprint density at radius 1 is 0.680 bits per heavy atom. The van der Waals surface area contributed by atoms with Crippen molar-refractivity contribution in [2.75, 3.05) is 63.2 Å². The van der Waals surface area contributed by atoms with E-state index in [9.17, 15) is 19.2 Å². The highest BCUT2D eigenvalue weighted by molar-refractivity contribution is 6.62. The Labute approximate surface area is 460 Å². The van der Waals surface area contributed by atoms with E-state index in [0.29, 0.717) is 18.6 Å². The van der Waals surface area contributed by atoms with Crippen molar-refractivity contribution >= 4 is 69.5 Å². The third-order valence-electron chi connectivity index (χ3n) is 14.3. The maximum atomic E-state index is 13.3. The normalized spacial score (nSPS) is 20.2. The number of amides is 2. The van der Waals surface area contributed by atoms with Crippen molar-refractivity contribution in [2.45, 2.75) is 169 Å². The van der Waals surface area contributed by atoms with Gasteiger partial charge in [0, 0.05) is 87.9 Å². The van der Waals surface area contributed by atoms with Crippen LogP contribution in [0.5, 0.6) is 0 Å². The van der Waals surface area contributed by atoms with E-state index in [2.05, 4.69) is 113 Å². The Morgan fingerprint density at radius 2 is 1.13 bits per heavy atom. The lowest BCUT2D eigenvalue weighted by Gasteiger charge is -2.41. The number of carbonyl (C=O) groups excluding carboxylic acids is 4. The van der Waals surface area contributed by atoms with Crippen molar-refractivity contribution in [1.82, 2.24) is 39.6 Å². The number of hydrogen-bond donors (Lipinski definition) is 1. The molecule has 0 bridgehead atoms. The van der Waals surface area contributed by atoms with Gasteiger partial charge in [-0.1, -0.05) is 47.5 Å². The first kappa shape index (κ1) is 59.4. The summed E-state index contributed by atoms with van der Waals surface area (Å²) in [6.07, 6.45) is 11.6. The average molecular weight is 1100 g/mol. The largest absolute Gasteiger partial charge is 0.455 e. The van der Waals surface area contributed by atoms with Gasteiger partial charge in [0.25, 0.3) is 0 Å². The van der Waals surface area contributed by atoms with Crippen molar-refractivity contribution < 1.29 is 28.7 Å². The molecule has 8 rings (SSSR count). The number of carbonyl (C=O) groups is 4. The van der Waals surface area contributed by atoms with Gasteiger partial charge >= 0.3 is 23.3 Å². The van der Waals surface area contributed by atoms with E-state index in [1.807, 2.05) is 4.90 Å². The average Bonchev–Trinajstić information content (AvgIpc) is 4.19. The number of ether oxygens (including phenoxy) is 2. The number of esters is 2. The molecule has 2 aromatic heterocycles. The lowest BCUT2D eigenvalue weighted by molar-refractivity contribution is 0.00502. The second-order valence-corrected chi connectivity index (χ2v) is 24.0. The summed E-state index contributed by atoms with van der Waals surface area (Å²) in [5.41, 5.74) is 7.12. The Morgan fingerprint density at radius 3 is 1.55 bits per heavy atom. The van der Waals surface area contributed by atoms with Gasteiger partial charge in [-0.2, -0.15) is 14.9 Å². The first-order chi connectivity index (χ1) is 35.3. The standard InChI is InChI=1S/C28H40ClN5O3.C20H30ClN3O.C8H11ClN2O2/c1-19-9-10-21(24(15-19)32-12-7-8-13-32)17-31(6)22-11-14-33(20(2)16-22)27(36)34-18-23(29)25(30-34)26(35)37-28(3,4)5;1-15-6-7-17(19(12-15)23-9-4-5-10-23)14-22(3)18-8-11-24(20(21)25)16(2)13-18;1-8(2,3)13-7(12)6-5(9)4-10-11-6/h9-10,15,18,20,22H,7-8,11-14,16-17H2,1-6H3;6-7,12,16,18H,4-5,8-11,13-14H2,1-3H3;4H,1-3H3,(H,10,11)/t20-,22?;16-,18?;/m00./s1. The molecule has 412 valence electrons. The van der Waals surface area contributed by atoms with Crippen molar-refractivity contribution in [3.05, 3.63) is 92.5 Å². The minimum atomic E-state index is -0.676. The predicted molar refractivity (Wildman–Crippen MR) is 300 cm³/mol. The highest BCUT2D eigenvalue weighted by Gasteiger charge is 2.34. The molecular weight excluding hydrogens is 1020 g/mol. The minimum Gasteiger partial charge on any atom is -0.455 e. The van der Waals surface area contributed by atoms with Crippen molar-refractivity contribution in [3.63, 3.8) is 0 Å². The summed E-state index contributed by atoms with van der Waals surface area (Å²) in [5, 5.41) is 10.3. The molecule has 1 N–H and O–H groups in total. The van der Waals surface area contributed by atoms with Crippen LogP contribution in [0.3, 0.4) is 0 Å². The molecule has 19 heteroatoms. The van der Waals surface area contributed by atoms with Gasteiger partial charge in [-0.25, -0.2) is 14.4 Å². The molecule has 0 aliphatic carbocycles. The van der Waals surface area contributed by atoms with Gasteiger partial charge in [0.1, 0.15) is 11.2 Å². The molecule has 75 heavy (non-hydrogen) atoms. The molecule has 2 aromatic carbocycles. The zero-order chi connectivity index (χ0) is 54.9. The molecule has 4 atom stereocenters. The van der Waals surface area contributed by atoms with Gasteiger partial charge in [-0.15, -0.1) is 0 Å². The number of likely N-dealkylation sites (tertiary alicyclic amines) is 2. The van der Waals surface area contributed by atoms with E-state index in [0.717, 1.165) is 63.1 Å². The molecule has 6 heterocycles. The van der Waals surface area contributed by atoms with Gasteiger partial charge in [0.15, 0.2) is 11.4 Å². The van der Waals surface area contributed by atoms with Crippen molar-refractivity contribution in [1.29, 1.82) is 0 Å². The molecule has 2 unspecified atom stereocenters. The lowest BCUT2D eigenvalue weighted by Crippen LogP contribution is -2.51. The second-order valence-electron chi connectivity index (χ2n) is 22.8. The monoisotopic (exact) mass is 1090 g/mol. The fraction of sp³-hybridized carbons (Fsp3) is 0.607. The predicted octanol–water partition coefficient (Wildman–Crippen LogP) is 11.6. The van der Waals surface area contributed by atoms with Gasteiger partial charge in [0.2, 0.25) is 0 Å². The van der Waals surface area contributed by atoms with E-state index in [1.54, 1.807) is 46.4 Å². The number of aromatic amines is 1. The zero-order valence-corrected chi connectivity index (χ0v) is 48.6. The highest BCUT2D eigenvalue weighted by Crippen LogP contribution is 2.32. The number of aromatic nitrogens is 4. The zero-order valence-electron chi connectivity index (χ0n) is 46.4. The molecule has 0 saturated carbocycles.